The molecule has 3 rings (SSSR count). The summed E-state index contributed by atoms with van der Waals surface area (Å²) in [5.74, 6) is -0.0644. The minimum absolute atomic E-state index is 0.0644. The Balaban J connectivity index is 1.88. The molecule has 2 nitrogen and oxygen atoms in total. The van der Waals surface area contributed by atoms with E-state index in [1.54, 1.807) is 6.07 Å². The number of benzene rings is 3. The van der Waals surface area contributed by atoms with Crippen molar-refractivity contribution in [2.75, 3.05) is 5.32 Å². The van der Waals surface area contributed by atoms with E-state index in [2.05, 4.69) is 5.32 Å². The van der Waals surface area contributed by atoms with Crippen molar-refractivity contribution in [3.8, 4) is 0 Å². The predicted molar refractivity (Wildman–Crippen MR) is 106 cm³/mol. The first-order chi connectivity index (χ1) is 12.1. The van der Waals surface area contributed by atoms with Crippen LogP contribution in [0.1, 0.15) is 16.4 Å². The van der Waals surface area contributed by atoms with Gasteiger partial charge in [0.05, 0.1) is 0 Å². The molecule has 1 atom stereocenters. The zero-order chi connectivity index (χ0) is 17.6. The molecule has 3 aromatic rings. The molecule has 0 aromatic heterocycles. The molecule has 0 unspecified atom stereocenters. The van der Waals surface area contributed by atoms with Gasteiger partial charge in [-0.15, -0.1) is 11.8 Å². The highest BCUT2D eigenvalue weighted by Gasteiger charge is 2.22. The Bertz CT molecular complexity index is 852. The zero-order valence-electron chi connectivity index (χ0n) is 13.8. The normalized spacial score (nSPS) is 11.8. The predicted octanol–water partition coefficient (Wildman–Crippen LogP) is 6.12. The number of hydrogen-bond donors (Lipinski definition) is 1. The summed E-state index contributed by atoms with van der Waals surface area (Å²) in [5.41, 5.74) is 2.69. The Morgan fingerprint density at radius 1 is 0.960 bits per heavy atom. The summed E-state index contributed by atoms with van der Waals surface area (Å²) in [6.07, 6.45) is 0. The van der Waals surface area contributed by atoms with Crippen LogP contribution >= 0.6 is 23.4 Å². The fourth-order valence-electron chi connectivity index (χ4n) is 2.46. The molecular formula is C21H18ClNOS. The molecule has 0 aliphatic heterocycles. The monoisotopic (exact) mass is 367 g/mol. The molecule has 0 fully saturated rings. The minimum atomic E-state index is -0.345. The third-order valence-electron chi connectivity index (χ3n) is 3.80. The highest BCUT2D eigenvalue weighted by atomic mass is 35.5. The second-order valence-electron chi connectivity index (χ2n) is 5.67. The van der Waals surface area contributed by atoms with Crippen LogP contribution in [0.25, 0.3) is 0 Å². The summed E-state index contributed by atoms with van der Waals surface area (Å²) in [6.45, 7) is 1.95. The van der Waals surface area contributed by atoms with Gasteiger partial charge < -0.3 is 5.32 Å². The smallest absolute Gasteiger partial charge is 0.242 e. The third kappa shape index (κ3) is 4.65. The van der Waals surface area contributed by atoms with E-state index in [-0.39, 0.29) is 11.2 Å². The first kappa shape index (κ1) is 17.6. The summed E-state index contributed by atoms with van der Waals surface area (Å²) in [4.78, 5) is 14.1. The maximum atomic E-state index is 13.0. The molecule has 1 N–H and O–H groups in total. The number of amides is 1. The SMILES string of the molecule is Cc1ccc(Cl)cc1NC(=O)[C@H](Sc1ccccc1)c1ccccc1. The van der Waals surface area contributed by atoms with Gasteiger partial charge in [0, 0.05) is 15.6 Å². The molecule has 0 spiro atoms. The van der Waals surface area contributed by atoms with E-state index in [4.69, 9.17) is 11.6 Å². The molecule has 0 aliphatic rings. The van der Waals surface area contributed by atoms with Gasteiger partial charge in [-0.05, 0) is 42.3 Å². The molecule has 0 saturated heterocycles. The van der Waals surface area contributed by atoms with Gasteiger partial charge in [0.1, 0.15) is 5.25 Å². The summed E-state index contributed by atoms with van der Waals surface area (Å²) in [6, 6.07) is 25.3. The zero-order valence-corrected chi connectivity index (χ0v) is 15.3. The summed E-state index contributed by atoms with van der Waals surface area (Å²) in [7, 11) is 0. The standard InChI is InChI=1S/C21H18ClNOS/c1-15-12-13-17(22)14-19(15)23-21(24)20(16-8-4-2-5-9-16)25-18-10-6-3-7-11-18/h2-14,20H,1H3,(H,23,24)/t20-/m1/s1. The molecule has 0 radical (unpaired) electrons. The van der Waals surface area contributed by atoms with E-state index in [9.17, 15) is 4.79 Å². The number of thioether (sulfide) groups is 1. The molecule has 0 aliphatic carbocycles. The van der Waals surface area contributed by atoms with Crippen LogP contribution in [0.4, 0.5) is 5.69 Å². The van der Waals surface area contributed by atoms with Crippen LogP contribution in [0.5, 0.6) is 0 Å². The number of nitrogens with one attached hydrogen (secondary N) is 1. The molecule has 0 bridgehead atoms. The quantitative estimate of drug-likeness (QED) is 0.550. The second kappa shape index (κ2) is 8.24. The Hall–Kier alpha value is -2.23. The number of halogens is 1. The number of carbonyl (C=O) groups excluding carboxylic acids is 1. The number of anilines is 1. The molecule has 1 amide bonds. The van der Waals surface area contributed by atoms with Gasteiger partial charge in [0.2, 0.25) is 5.91 Å². The molecule has 126 valence electrons. The molecule has 25 heavy (non-hydrogen) atoms. The fourth-order valence-corrected chi connectivity index (χ4v) is 3.68. The van der Waals surface area contributed by atoms with Gasteiger partial charge in [-0.25, -0.2) is 0 Å². The van der Waals surface area contributed by atoms with Crippen molar-refractivity contribution in [1.29, 1.82) is 0 Å². The van der Waals surface area contributed by atoms with Crippen LogP contribution in [0.15, 0.2) is 83.8 Å². The molecule has 0 saturated carbocycles. The van der Waals surface area contributed by atoms with E-state index in [1.807, 2.05) is 79.7 Å². The molecular weight excluding hydrogens is 350 g/mol. The molecule has 0 heterocycles. The molecule has 4 heteroatoms. The van der Waals surface area contributed by atoms with Gasteiger partial charge in [-0.1, -0.05) is 66.2 Å². The first-order valence-electron chi connectivity index (χ1n) is 7.97. The summed E-state index contributed by atoms with van der Waals surface area (Å²) in [5, 5.41) is 3.28. The van der Waals surface area contributed by atoms with Crippen molar-refractivity contribution in [1.82, 2.24) is 0 Å². The van der Waals surface area contributed by atoms with E-state index in [0.29, 0.717) is 5.02 Å². The van der Waals surface area contributed by atoms with E-state index >= 15 is 0 Å². The van der Waals surface area contributed by atoms with Crippen molar-refractivity contribution in [2.45, 2.75) is 17.1 Å². The van der Waals surface area contributed by atoms with E-state index in [1.165, 1.54) is 11.8 Å². The van der Waals surface area contributed by atoms with Crippen LogP contribution in [-0.2, 0) is 4.79 Å². The average Bonchev–Trinajstić information content (AvgIpc) is 2.64. The number of hydrogen-bond acceptors (Lipinski definition) is 2. The van der Waals surface area contributed by atoms with Crippen LogP contribution in [-0.4, -0.2) is 5.91 Å². The van der Waals surface area contributed by atoms with E-state index in [0.717, 1.165) is 21.7 Å². The van der Waals surface area contributed by atoms with Crippen LogP contribution in [0.2, 0.25) is 5.02 Å². The van der Waals surface area contributed by atoms with Crippen molar-refractivity contribution in [3.05, 3.63) is 95.0 Å². The van der Waals surface area contributed by atoms with Crippen LogP contribution in [0, 0.1) is 6.92 Å². The third-order valence-corrected chi connectivity index (χ3v) is 5.30. The topological polar surface area (TPSA) is 29.1 Å². The van der Waals surface area contributed by atoms with Crippen molar-refractivity contribution in [2.24, 2.45) is 0 Å². The Labute approximate surface area is 157 Å². The first-order valence-corrected chi connectivity index (χ1v) is 9.23. The lowest BCUT2D eigenvalue weighted by atomic mass is 10.1. The number of rotatable bonds is 5. The Morgan fingerprint density at radius 2 is 1.60 bits per heavy atom. The second-order valence-corrected chi connectivity index (χ2v) is 7.29. The largest absolute Gasteiger partial charge is 0.325 e. The van der Waals surface area contributed by atoms with Gasteiger partial charge in [0.25, 0.3) is 0 Å². The fraction of sp³-hybridized carbons (Fsp3) is 0.0952. The maximum Gasteiger partial charge on any atom is 0.242 e. The van der Waals surface area contributed by atoms with Gasteiger partial charge in [0.15, 0.2) is 0 Å². The van der Waals surface area contributed by atoms with E-state index < -0.39 is 0 Å². The van der Waals surface area contributed by atoms with Crippen LogP contribution in [0.3, 0.4) is 0 Å². The highest BCUT2D eigenvalue weighted by molar-refractivity contribution is 8.00. The number of aryl methyl sites for hydroxylation is 1. The van der Waals surface area contributed by atoms with Gasteiger partial charge >= 0.3 is 0 Å². The minimum Gasteiger partial charge on any atom is -0.325 e. The maximum absolute atomic E-state index is 13.0. The van der Waals surface area contributed by atoms with Crippen molar-refractivity contribution >= 4 is 35.0 Å². The van der Waals surface area contributed by atoms with Crippen molar-refractivity contribution in [3.63, 3.8) is 0 Å². The summed E-state index contributed by atoms with van der Waals surface area (Å²) < 4.78 is 0. The number of carbonyl (C=O) groups is 1. The Kier molecular flexibility index (Phi) is 5.79. The molecule has 3 aromatic carbocycles. The highest BCUT2D eigenvalue weighted by Crippen LogP contribution is 2.36. The van der Waals surface area contributed by atoms with Crippen molar-refractivity contribution < 1.29 is 4.79 Å². The van der Waals surface area contributed by atoms with Gasteiger partial charge in [-0.2, -0.15) is 0 Å². The van der Waals surface area contributed by atoms with Gasteiger partial charge in [-0.3, -0.25) is 4.79 Å². The Morgan fingerprint density at radius 3 is 2.28 bits per heavy atom. The lowest BCUT2D eigenvalue weighted by molar-refractivity contribution is -0.115. The summed E-state index contributed by atoms with van der Waals surface area (Å²) >= 11 is 7.60. The lowest BCUT2D eigenvalue weighted by Gasteiger charge is -2.18. The average molecular weight is 368 g/mol. The lowest BCUT2D eigenvalue weighted by Crippen LogP contribution is -2.19. The van der Waals surface area contributed by atoms with Crippen LogP contribution < -0.4 is 5.32 Å².